The molecule has 0 atom stereocenters. The normalized spacial score (nSPS) is 22.0. The van der Waals surface area contributed by atoms with E-state index in [9.17, 15) is 8.42 Å². The fraction of sp³-hybridized carbons (Fsp3) is 1.00. The zero-order valence-electron chi connectivity index (χ0n) is 7.94. The highest BCUT2D eigenvalue weighted by atomic mass is 32.2. The second kappa shape index (κ2) is 4.36. The van der Waals surface area contributed by atoms with Gasteiger partial charge in [0.05, 0.1) is 0 Å². The van der Waals surface area contributed by atoms with Gasteiger partial charge in [0.15, 0.2) is 0 Å². The van der Waals surface area contributed by atoms with E-state index < -0.39 is 10.2 Å². The Hall–Kier alpha value is -0.170. The van der Waals surface area contributed by atoms with E-state index in [1.54, 1.807) is 0 Å². The van der Waals surface area contributed by atoms with E-state index in [0.717, 1.165) is 26.1 Å². The summed E-state index contributed by atoms with van der Waals surface area (Å²) in [5.41, 5.74) is 0. The zero-order valence-corrected chi connectivity index (χ0v) is 8.76. The van der Waals surface area contributed by atoms with E-state index in [0.29, 0.717) is 13.1 Å². The van der Waals surface area contributed by atoms with Gasteiger partial charge in [-0.25, -0.2) is 5.14 Å². The molecular weight excluding hydrogens is 190 g/mol. The Morgan fingerprint density at radius 3 is 2.15 bits per heavy atom. The predicted octanol–water partition coefficient (Wildman–Crippen LogP) is -0.782. The number of nitrogens with zero attached hydrogens (tertiary/aromatic N) is 2. The Morgan fingerprint density at radius 1 is 1.23 bits per heavy atom. The number of hydrogen-bond donors (Lipinski definition) is 1. The Kier molecular flexibility index (Phi) is 3.66. The highest BCUT2D eigenvalue weighted by Gasteiger charge is 2.22. The third kappa shape index (κ3) is 3.22. The summed E-state index contributed by atoms with van der Waals surface area (Å²) in [4.78, 5) is 2.25. The molecule has 6 heteroatoms. The largest absolute Gasteiger partial charge is 0.301 e. The standard InChI is InChI=1S/C7H17N3O2S/c1-2-3-9-4-6-10(7-5-9)13(8,11)12/h2-7H2,1H3,(H2,8,11,12). The fourth-order valence-corrected chi connectivity index (χ4v) is 2.20. The molecule has 0 radical (unpaired) electrons. The molecule has 0 aromatic rings. The van der Waals surface area contributed by atoms with Gasteiger partial charge in [-0.2, -0.15) is 12.7 Å². The highest BCUT2D eigenvalue weighted by Crippen LogP contribution is 2.04. The molecule has 0 spiro atoms. The van der Waals surface area contributed by atoms with Gasteiger partial charge in [-0.15, -0.1) is 0 Å². The van der Waals surface area contributed by atoms with Crippen LogP contribution >= 0.6 is 0 Å². The lowest BCUT2D eigenvalue weighted by Gasteiger charge is -2.32. The average molecular weight is 207 g/mol. The second-order valence-corrected chi connectivity index (χ2v) is 4.83. The second-order valence-electron chi connectivity index (χ2n) is 3.29. The summed E-state index contributed by atoms with van der Waals surface area (Å²) in [6, 6.07) is 0. The molecule has 2 N–H and O–H groups in total. The molecule has 0 bridgehead atoms. The SMILES string of the molecule is CCCN1CCN(S(N)(=O)=O)CC1. The fourth-order valence-electron chi connectivity index (χ4n) is 1.52. The van der Waals surface area contributed by atoms with Gasteiger partial charge in [0.2, 0.25) is 0 Å². The van der Waals surface area contributed by atoms with Gasteiger partial charge >= 0.3 is 0 Å². The van der Waals surface area contributed by atoms with Gasteiger partial charge in [-0.3, -0.25) is 0 Å². The molecule has 0 amide bonds. The third-order valence-electron chi connectivity index (χ3n) is 2.23. The molecule has 1 fully saturated rings. The van der Waals surface area contributed by atoms with Gasteiger partial charge in [-0.1, -0.05) is 6.92 Å². The van der Waals surface area contributed by atoms with E-state index in [2.05, 4.69) is 11.8 Å². The van der Waals surface area contributed by atoms with Crippen molar-refractivity contribution >= 4 is 10.2 Å². The van der Waals surface area contributed by atoms with Crippen LogP contribution in [0.15, 0.2) is 0 Å². The molecule has 1 saturated heterocycles. The van der Waals surface area contributed by atoms with Crippen molar-refractivity contribution in [3.05, 3.63) is 0 Å². The number of piperazine rings is 1. The maximum Gasteiger partial charge on any atom is 0.276 e. The first-order chi connectivity index (χ1) is 6.04. The maximum absolute atomic E-state index is 10.9. The minimum Gasteiger partial charge on any atom is -0.301 e. The van der Waals surface area contributed by atoms with E-state index in [1.807, 2.05) is 0 Å². The van der Waals surface area contributed by atoms with Crippen LogP contribution in [-0.2, 0) is 10.2 Å². The van der Waals surface area contributed by atoms with Crippen molar-refractivity contribution in [1.29, 1.82) is 0 Å². The third-order valence-corrected chi connectivity index (χ3v) is 3.32. The summed E-state index contributed by atoms with van der Waals surface area (Å²) < 4.78 is 23.2. The summed E-state index contributed by atoms with van der Waals surface area (Å²) in [7, 11) is -3.46. The molecule has 0 unspecified atom stereocenters. The van der Waals surface area contributed by atoms with Gasteiger partial charge in [0.1, 0.15) is 0 Å². The number of rotatable bonds is 3. The Bertz CT molecular complexity index is 244. The molecule has 13 heavy (non-hydrogen) atoms. The summed E-state index contributed by atoms with van der Waals surface area (Å²) in [6.45, 7) is 5.80. The van der Waals surface area contributed by atoms with E-state index in [1.165, 1.54) is 4.31 Å². The summed E-state index contributed by atoms with van der Waals surface area (Å²) in [6.07, 6.45) is 1.11. The molecule has 1 aliphatic heterocycles. The van der Waals surface area contributed by atoms with Gasteiger partial charge < -0.3 is 4.90 Å². The van der Waals surface area contributed by atoms with Gasteiger partial charge in [0.25, 0.3) is 10.2 Å². The highest BCUT2D eigenvalue weighted by molar-refractivity contribution is 7.86. The van der Waals surface area contributed by atoms with Crippen LogP contribution in [-0.4, -0.2) is 50.3 Å². The first-order valence-electron chi connectivity index (χ1n) is 4.54. The summed E-state index contributed by atoms with van der Waals surface area (Å²) in [5.74, 6) is 0. The molecule has 1 heterocycles. The van der Waals surface area contributed by atoms with Gasteiger partial charge in [0, 0.05) is 26.2 Å². The molecular formula is C7H17N3O2S. The molecule has 0 aliphatic carbocycles. The van der Waals surface area contributed by atoms with E-state index in [-0.39, 0.29) is 0 Å². The Morgan fingerprint density at radius 2 is 1.77 bits per heavy atom. The van der Waals surface area contributed by atoms with Crippen LogP contribution < -0.4 is 5.14 Å². The van der Waals surface area contributed by atoms with Crippen molar-refractivity contribution in [2.75, 3.05) is 32.7 Å². The van der Waals surface area contributed by atoms with Crippen molar-refractivity contribution in [3.63, 3.8) is 0 Å². The van der Waals surface area contributed by atoms with Crippen LogP contribution in [0.3, 0.4) is 0 Å². The lowest BCUT2D eigenvalue weighted by Crippen LogP contribution is -2.50. The van der Waals surface area contributed by atoms with Crippen molar-refractivity contribution in [2.24, 2.45) is 5.14 Å². The zero-order chi connectivity index (χ0) is 9.90. The molecule has 1 aliphatic rings. The molecule has 0 aromatic carbocycles. The number of nitrogens with two attached hydrogens (primary N) is 1. The minimum absolute atomic E-state index is 0.527. The van der Waals surface area contributed by atoms with Crippen LogP contribution in [0.2, 0.25) is 0 Å². The lowest BCUT2D eigenvalue weighted by atomic mass is 10.3. The molecule has 5 nitrogen and oxygen atoms in total. The van der Waals surface area contributed by atoms with Crippen LogP contribution in [0.25, 0.3) is 0 Å². The monoisotopic (exact) mass is 207 g/mol. The molecule has 1 rings (SSSR count). The first kappa shape index (κ1) is 10.9. The van der Waals surface area contributed by atoms with Crippen LogP contribution in [0.5, 0.6) is 0 Å². The number of hydrogen-bond acceptors (Lipinski definition) is 3. The lowest BCUT2D eigenvalue weighted by molar-refractivity contribution is 0.189. The van der Waals surface area contributed by atoms with E-state index in [4.69, 9.17) is 5.14 Å². The maximum atomic E-state index is 10.9. The smallest absolute Gasteiger partial charge is 0.276 e. The Labute approximate surface area is 79.7 Å². The van der Waals surface area contributed by atoms with Crippen molar-refractivity contribution in [2.45, 2.75) is 13.3 Å². The summed E-state index contributed by atoms with van der Waals surface area (Å²) >= 11 is 0. The predicted molar refractivity (Wildman–Crippen MR) is 51.4 cm³/mol. The van der Waals surface area contributed by atoms with E-state index >= 15 is 0 Å². The molecule has 78 valence electrons. The van der Waals surface area contributed by atoms with Crippen molar-refractivity contribution in [3.8, 4) is 0 Å². The van der Waals surface area contributed by atoms with Crippen molar-refractivity contribution in [1.82, 2.24) is 9.21 Å². The first-order valence-corrected chi connectivity index (χ1v) is 6.04. The molecule has 0 aromatic heterocycles. The average Bonchev–Trinajstić information content (AvgIpc) is 2.04. The Balaban J connectivity index is 2.39. The van der Waals surface area contributed by atoms with Crippen LogP contribution in [0.1, 0.15) is 13.3 Å². The minimum atomic E-state index is -3.46. The van der Waals surface area contributed by atoms with Crippen LogP contribution in [0.4, 0.5) is 0 Å². The summed E-state index contributed by atoms with van der Waals surface area (Å²) in [5, 5.41) is 5.01. The van der Waals surface area contributed by atoms with Crippen molar-refractivity contribution < 1.29 is 8.42 Å². The topological polar surface area (TPSA) is 66.6 Å². The van der Waals surface area contributed by atoms with Crippen LogP contribution in [0, 0.1) is 0 Å². The quantitative estimate of drug-likeness (QED) is 0.660. The molecule has 0 saturated carbocycles. The van der Waals surface area contributed by atoms with Gasteiger partial charge in [-0.05, 0) is 13.0 Å².